The molecule has 0 aliphatic heterocycles. The van der Waals surface area contributed by atoms with Crippen LogP contribution in [0.5, 0.6) is 0 Å². The van der Waals surface area contributed by atoms with Gasteiger partial charge < -0.3 is 14.6 Å². The molecule has 352 valence electrons. The van der Waals surface area contributed by atoms with E-state index in [4.69, 9.17) is 9.47 Å². The van der Waals surface area contributed by atoms with Crippen molar-refractivity contribution in [2.75, 3.05) is 13.2 Å². The van der Waals surface area contributed by atoms with E-state index in [1.54, 1.807) is 0 Å². The summed E-state index contributed by atoms with van der Waals surface area (Å²) in [4.78, 5) is 24.4. The van der Waals surface area contributed by atoms with E-state index in [2.05, 4.69) is 50.3 Å². The molecule has 0 saturated carbocycles. The molecule has 0 heterocycles. The Morgan fingerprint density at radius 2 is 0.667 bits per heavy atom. The van der Waals surface area contributed by atoms with Crippen LogP contribution in [0.25, 0.3) is 0 Å². The summed E-state index contributed by atoms with van der Waals surface area (Å²) in [6.07, 6.45) is 65.4. The lowest BCUT2D eigenvalue weighted by Gasteiger charge is -2.15. The van der Waals surface area contributed by atoms with Crippen molar-refractivity contribution in [1.82, 2.24) is 0 Å². The van der Waals surface area contributed by atoms with Crippen LogP contribution >= 0.6 is 0 Å². The molecule has 1 atom stereocenters. The van der Waals surface area contributed by atoms with Gasteiger partial charge in [-0.15, -0.1) is 0 Å². The van der Waals surface area contributed by atoms with Crippen molar-refractivity contribution in [3.8, 4) is 0 Å². The van der Waals surface area contributed by atoms with Crippen LogP contribution in [-0.2, 0) is 19.1 Å². The van der Waals surface area contributed by atoms with E-state index in [1.807, 2.05) is 0 Å². The Morgan fingerprint density at radius 1 is 0.383 bits per heavy atom. The van der Waals surface area contributed by atoms with Crippen molar-refractivity contribution in [1.29, 1.82) is 0 Å². The summed E-state index contributed by atoms with van der Waals surface area (Å²) < 4.78 is 10.7. The van der Waals surface area contributed by atoms with Gasteiger partial charge in [0, 0.05) is 12.8 Å². The highest BCUT2D eigenvalue weighted by atomic mass is 16.6. The lowest BCUT2D eigenvalue weighted by Crippen LogP contribution is -2.28. The first-order chi connectivity index (χ1) is 29.6. The van der Waals surface area contributed by atoms with Crippen molar-refractivity contribution in [3.63, 3.8) is 0 Å². The van der Waals surface area contributed by atoms with Gasteiger partial charge in [0.15, 0.2) is 6.10 Å². The van der Waals surface area contributed by atoms with Gasteiger partial charge in [0.05, 0.1) is 6.61 Å². The summed E-state index contributed by atoms with van der Waals surface area (Å²) in [5, 5.41) is 9.62. The van der Waals surface area contributed by atoms with Crippen molar-refractivity contribution >= 4 is 11.9 Å². The van der Waals surface area contributed by atoms with Gasteiger partial charge in [-0.2, -0.15) is 0 Å². The molecule has 0 rings (SSSR count). The van der Waals surface area contributed by atoms with Crippen LogP contribution < -0.4 is 0 Å². The number of hydrogen-bond acceptors (Lipinski definition) is 5. The lowest BCUT2D eigenvalue weighted by atomic mass is 10.0. The van der Waals surface area contributed by atoms with E-state index in [1.165, 1.54) is 205 Å². The lowest BCUT2D eigenvalue weighted by molar-refractivity contribution is -0.161. The quantitative estimate of drug-likeness (QED) is 0.0375. The Morgan fingerprint density at radius 3 is 1.00 bits per heavy atom. The van der Waals surface area contributed by atoms with E-state index in [-0.39, 0.29) is 25.2 Å². The van der Waals surface area contributed by atoms with Crippen molar-refractivity contribution in [2.45, 2.75) is 290 Å². The van der Waals surface area contributed by atoms with Gasteiger partial charge in [0.2, 0.25) is 0 Å². The van der Waals surface area contributed by atoms with Crippen LogP contribution in [0.4, 0.5) is 0 Å². The molecule has 5 heteroatoms. The van der Waals surface area contributed by atoms with E-state index in [0.717, 1.165) is 51.4 Å². The maximum absolute atomic E-state index is 12.3. The third-order valence-corrected chi connectivity index (χ3v) is 11.9. The first-order valence-corrected chi connectivity index (χ1v) is 26.5. The highest BCUT2D eigenvalue weighted by molar-refractivity contribution is 5.70. The zero-order valence-electron chi connectivity index (χ0n) is 40.2. The Balaban J connectivity index is 3.43. The summed E-state index contributed by atoms with van der Waals surface area (Å²) in [5.41, 5.74) is 0. The van der Waals surface area contributed by atoms with Crippen LogP contribution in [0.3, 0.4) is 0 Å². The zero-order chi connectivity index (χ0) is 43.5. The van der Waals surface area contributed by atoms with Gasteiger partial charge in [-0.25, -0.2) is 0 Å². The standard InChI is InChI=1S/C55H102O5/c1-3-5-7-9-11-13-15-17-19-20-21-22-23-24-25-26-27-28-29-30-31-32-33-34-36-38-40-42-44-46-48-50-55(58)60-53(51-56)52-59-54(57)49-47-45-43-41-39-37-35-18-16-14-12-10-8-6-4-2/h15,17-18,20-21,35,53,56H,3-14,16,19,22-34,36-52H2,1-2H3/b17-15-,21-20-,35-18-. The van der Waals surface area contributed by atoms with E-state index >= 15 is 0 Å². The second-order valence-electron chi connectivity index (χ2n) is 17.9. The summed E-state index contributed by atoms with van der Waals surface area (Å²) in [6, 6.07) is 0. The fraction of sp³-hybridized carbons (Fsp3) is 0.855. The molecule has 1 N–H and O–H groups in total. The van der Waals surface area contributed by atoms with Crippen LogP contribution in [0, 0.1) is 0 Å². The number of aliphatic hydroxyl groups excluding tert-OH is 1. The predicted molar refractivity (Wildman–Crippen MR) is 261 cm³/mol. The molecule has 0 spiro atoms. The van der Waals surface area contributed by atoms with Gasteiger partial charge in [-0.05, 0) is 70.6 Å². The maximum atomic E-state index is 12.3. The average Bonchev–Trinajstić information content (AvgIpc) is 3.25. The topological polar surface area (TPSA) is 72.8 Å². The third kappa shape index (κ3) is 48.8. The molecule has 5 nitrogen and oxygen atoms in total. The van der Waals surface area contributed by atoms with E-state index in [0.29, 0.717) is 12.8 Å². The fourth-order valence-corrected chi connectivity index (χ4v) is 7.88. The number of carbonyl (C=O) groups is 2. The first-order valence-electron chi connectivity index (χ1n) is 26.5. The molecular formula is C55H102O5. The maximum Gasteiger partial charge on any atom is 0.306 e. The summed E-state index contributed by atoms with van der Waals surface area (Å²) in [7, 11) is 0. The molecule has 60 heavy (non-hydrogen) atoms. The molecule has 1 unspecified atom stereocenters. The molecule has 0 aliphatic carbocycles. The van der Waals surface area contributed by atoms with Crippen LogP contribution in [0.1, 0.15) is 284 Å². The van der Waals surface area contributed by atoms with E-state index in [9.17, 15) is 14.7 Å². The zero-order valence-corrected chi connectivity index (χ0v) is 40.2. The highest BCUT2D eigenvalue weighted by Crippen LogP contribution is 2.16. The molecule has 0 amide bonds. The second-order valence-corrected chi connectivity index (χ2v) is 17.9. The minimum Gasteiger partial charge on any atom is -0.462 e. The average molecular weight is 843 g/mol. The van der Waals surface area contributed by atoms with Crippen LogP contribution in [0.2, 0.25) is 0 Å². The number of hydrogen-bond donors (Lipinski definition) is 1. The molecule has 0 fully saturated rings. The summed E-state index contributed by atoms with van der Waals surface area (Å²) >= 11 is 0. The number of allylic oxidation sites excluding steroid dienone is 6. The normalized spacial score (nSPS) is 12.4. The molecule has 0 aromatic carbocycles. The van der Waals surface area contributed by atoms with Crippen LogP contribution in [-0.4, -0.2) is 36.4 Å². The minimum atomic E-state index is -0.772. The molecule has 0 radical (unpaired) electrons. The smallest absolute Gasteiger partial charge is 0.306 e. The Bertz CT molecular complexity index is 955. The number of rotatable bonds is 49. The van der Waals surface area contributed by atoms with Gasteiger partial charge in [-0.1, -0.05) is 237 Å². The number of esters is 2. The molecule has 0 aromatic rings. The fourth-order valence-electron chi connectivity index (χ4n) is 7.88. The Hall–Kier alpha value is -1.88. The van der Waals surface area contributed by atoms with Gasteiger partial charge in [0.25, 0.3) is 0 Å². The molecule has 0 saturated heterocycles. The monoisotopic (exact) mass is 843 g/mol. The number of ether oxygens (including phenoxy) is 2. The van der Waals surface area contributed by atoms with Crippen molar-refractivity contribution < 1.29 is 24.2 Å². The predicted octanol–water partition coefficient (Wildman–Crippen LogP) is 17.5. The first kappa shape index (κ1) is 58.1. The molecular weight excluding hydrogens is 741 g/mol. The van der Waals surface area contributed by atoms with Gasteiger partial charge in [0.1, 0.15) is 6.61 Å². The second kappa shape index (κ2) is 51.5. The SMILES string of the molecule is CCCCCCC/C=C\C/C=C\CCCCCCCCCCCCCCCCCCCCCC(=O)OC(CO)COC(=O)CCCCCCC/C=C\CCCCCCCC. The van der Waals surface area contributed by atoms with Crippen molar-refractivity contribution in [2.24, 2.45) is 0 Å². The Kier molecular flexibility index (Phi) is 49.9. The molecule has 0 bridgehead atoms. The van der Waals surface area contributed by atoms with Gasteiger partial charge in [-0.3, -0.25) is 9.59 Å². The minimum absolute atomic E-state index is 0.0663. The number of carbonyl (C=O) groups excluding carboxylic acids is 2. The molecule has 0 aromatic heterocycles. The third-order valence-electron chi connectivity index (χ3n) is 11.9. The molecule has 0 aliphatic rings. The van der Waals surface area contributed by atoms with Crippen LogP contribution in [0.15, 0.2) is 36.5 Å². The summed E-state index contributed by atoms with van der Waals surface area (Å²) in [5.74, 6) is -0.588. The Labute approximate surface area is 374 Å². The summed E-state index contributed by atoms with van der Waals surface area (Å²) in [6.45, 7) is 4.14. The van der Waals surface area contributed by atoms with Gasteiger partial charge >= 0.3 is 11.9 Å². The van der Waals surface area contributed by atoms with Crippen molar-refractivity contribution in [3.05, 3.63) is 36.5 Å². The largest absolute Gasteiger partial charge is 0.462 e. The highest BCUT2D eigenvalue weighted by Gasteiger charge is 2.16. The number of aliphatic hydroxyl groups is 1. The number of unbranched alkanes of at least 4 members (excludes halogenated alkanes) is 35. The van der Waals surface area contributed by atoms with E-state index < -0.39 is 6.10 Å².